The lowest BCUT2D eigenvalue weighted by Crippen LogP contribution is -2.40. The Labute approximate surface area is 211 Å². The first-order valence-corrected chi connectivity index (χ1v) is 12.1. The number of nitrogens with zero attached hydrogens (tertiary/aromatic N) is 2. The molecule has 4 aromatic rings. The van der Waals surface area contributed by atoms with Gasteiger partial charge < -0.3 is 15.2 Å². The molecular weight excluding hydrogens is 474 g/mol. The predicted octanol–water partition coefficient (Wildman–Crippen LogP) is 3.59. The second-order valence-electron chi connectivity index (χ2n) is 8.21. The summed E-state index contributed by atoms with van der Waals surface area (Å²) in [5.74, 6) is -0.0602. The van der Waals surface area contributed by atoms with Crippen molar-refractivity contribution in [2.24, 2.45) is 4.99 Å². The summed E-state index contributed by atoms with van der Waals surface area (Å²) in [7, 11) is 1.47. The summed E-state index contributed by atoms with van der Waals surface area (Å²) in [6.07, 6.45) is 1.62. The Bertz CT molecular complexity index is 1650. The maximum Gasteiger partial charge on any atom is 0.271 e. The van der Waals surface area contributed by atoms with Gasteiger partial charge >= 0.3 is 0 Å². The number of hydrogen-bond donors (Lipinski definition) is 2. The van der Waals surface area contributed by atoms with Crippen LogP contribution < -0.4 is 24.9 Å². The average molecular weight is 498 g/mol. The molecular formula is C28H23N3O4S. The van der Waals surface area contributed by atoms with Crippen LogP contribution in [0.2, 0.25) is 0 Å². The van der Waals surface area contributed by atoms with Gasteiger partial charge in [0.2, 0.25) is 0 Å². The zero-order valence-corrected chi connectivity index (χ0v) is 20.5. The number of nitrogens with one attached hydrogen (secondary N) is 1. The molecule has 0 bridgehead atoms. The van der Waals surface area contributed by atoms with Crippen molar-refractivity contribution in [1.29, 1.82) is 0 Å². The van der Waals surface area contributed by atoms with E-state index in [9.17, 15) is 14.7 Å². The quantitative estimate of drug-likeness (QED) is 0.441. The molecule has 180 valence electrons. The van der Waals surface area contributed by atoms with Crippen LogP contribution in [-0.2, 0) is 4.79 Å². The van der Waals surface area contributed by atoms with E-state index in [-0.39, 0.29) is 17.2 Å². The number of amides is 1. The molecule has 36 heavy (non-hydrogen) atoms. The Kier molecular flexibility index (Phi) is 6.26. The molecule has 7 nitrogen and oxygen atoms in total. The molecule has 3 aromatic carbocycles. The molecule has 1 aromatic heterocycles. The fourth-order valence-electron chi connectivity index (χ4n) is 4.24. The number of thiazole rings is 1. The minimum atomic E-state index is -0.660. The molecule has 2 heterocycles. The highest BCUT2D eigenvalue weighted by molar-refractivity contribution is 7.07. The van der Waals surface area contributed by atoms with Gasteiger partial charge in [-0.15, -0.1) is 0 Å². The van der Waals surface area contributed by atoms with Gasteiger partial charge in [0.25, 0.3) is 11.5 Å². The van der Waals surface area contributed by atoms with Crippen molar-refractivity contribution < 1.29 is 14.6 Å². The number of benzene rings is 3. The molecule has 0 unspecified atom stereocenters. The molecule has 0 saturated carbocycles. The molecule has 0 fully saturated rings. The first-order valence-electron chi connectivity index (χ1n) is 11.3. The number of fused-ring (bicyclic) bond motifs is 1. The van der Waals surface area contributed by atoms with Crippen LogP contribution in [0.5, 0.6) is 11.5 Å². The number of rotatable bonds is 5. The molecule has 2 N–H and O–H groups in total. The Balaban J connectivity index is 1.68. The molecule has 1 aliphatic heterocycles. The zero-order chi connectivity index (χ0) is 25.2. The molecule has 1 atom stereocenters. The van der Waals surface area contributed by atoms with Gasteiger partial charge in [-0.05, 0) is 36.8 Å². The number of allylic oxidation sites excluding steroid dienone is 1. The number of methoxy groups -OCH3 is 1. The maximum absolute atomic E-state index is 13.7. The van der Waals surface area contributed by atoms with Gasteiger partial charge in [-0.25, -0.2) is 4.99 Å². The summed E-state index contributed by atoms with van der Waals surface area (Å²) in [4.78, 5) is 32.3. The minimum absolute atomic E-state index is 0.0513. The topological polar surface area (TPSA) is 92.9 Å². The lowest BCUT2D eigenvalue weighted by molar-refractivity contribution is -0.113. The number of hydrogen-bond acceptors (Lipinski definition) is 6. The number of aromatic nitrogens is 1. The third kappa shape index (κ3) is 4.23. The second-order valence-corrected chi connectivity index (χ2v) is 9.22. The summed E-state index contributed by atoms with van der Waals surface area (Å²) in [5, 5.41) is 13.5. The van der Waals surface area contributed by atoms with E-state index in [1.807, 2.05) is 48.5 Å². The van der Waals surface area contributed by atoms with Crippen LogP contribution in [0.15, 0.2) is 99.9 Å². The van der Waals surface area contributed by atoms with E-state index in [1.54, 1.807) is 47.9 Å². The summed E-state index contributed by atoms with van der Waals surface area (Å²) < 4.78 is 7.13. The number of phenolic OH excluding ortho intramolecular Hbond substituents is 1. The van der Waals surface area contributed by atoms with Crippen LogP contribution in [0.25, 0.3) is 6.08 Å². The van der Waals surface area contributed by atoms with Crippen molar-refractivity contribution in [2.75, 3.05) is 12.4 Å². The largest absolute Gasteiger partial charge is 0.504 e. The Hall–Kier alpha value is -4.43. The molecule has 1 aliphatic rings. The third-order valence-electron chi connectivity index (χ3n) is 5.95. The molecule has 0 radical (unpaired) electrons. The van der Waals surface area contributed by atoms with Crippen LogP contribution in [0.3, 0.4) is 0 Å². The van der Waals surface area contributed by atoms with Gasteiger partial charge in [0.15, 0.2) is 16.3 Å². The predicted molar refractivity (Wildman–Crippen MR) is 140 cm³/mol. The zero-order valence-electron chi connectivity index (χ0n) is 19.6. The third-order valence-corrected chi connectivity index (χ3v) is 6.93. The summed E-state index contributed by atoms with van der Waals surface area (Å²) in [6.45, 7) is 1.78. The maximum atomic E-state index is 13.7. The van der Waals surface area contributed by atoms with Crippen molar-refractivity contribution >= 4 is 29.0 Å². The summed E-state index contributed by atoms with van der Waals surface area (Å²) in [5.41, 5.74) is 2.53. The van der Waals surface area contributed by atoms with Gasteiger partial charge in [0, 0.05) is 11.3 Å². The monoisotopic (exact) mass is 497 g/mol. The first-order chi connectivity index (χ1) is 17.5. The lowest BCUT2D eigenvalue weighted by Gasteiger charge is -2.25. The first kappa shape index (κ1) is 23.3. The number of carbonyl (C=O) groups is 1. The van der Waals surface area contributed by atoms with Crippen LogP contribution in [0.4, 0.5) is 5.69 Å². The van der Waals surface area contributed by atoms with E-state index in [1.165, 1.54) is 18.4 Å². The van der Waals surface area contributed by atoms with Gasteiger partial charge in [0.1, 0.15) is 0 Å². The Morgan fingerprint density at radius 2 is 1.75 bits per heavy atom. The van der Waals surface area contributed by atoms with Crippen LogP contribution in [0, 0.1) is 0 Å². The van der Waals surface area contributed by atoms with Crippen LogP contribution in [0.1, 0.15) is 24.1 Å². The highest BCUT2D eigenvalue weighted by atomic mass is 32.1. The van der Waals surface area contributed by atoms with E-state index in [0.29, 0.717) is 37.6 Å². The highest BCUT2D eigenvalue weighted by Crippen LogP contribution is 2.31. The summed E-state index contributed by atoms with van der Waals surface area (Å²) >= 11 is 1.21. The molecule has 0 aliphatic carbocycles. The number of para-hydroxylation sites is 2. The standard InChI is InChI=1S/C28H23N3O4S/c1-17-23(26(33)30-20-13-7-4-8-14-20)24(18-10-5-3-6-11-18)31-27(34)22(36-28(31)29-17)16-19-12-9-15-21(35-2)25(19)32/h3-16,24,32H,1-2H3,(H,30,33)/t24-/m0/s1. The van der Waals surface area contributed by atoms with E-state index >= 15 is 0 Å². The van der Waals surface area contributed by atoms with Gasteiger partial charge in [-0.2, -0.15) is 0 Å². The number of phenols is 1. The smallest absolute Gasteiger partial charge is 0.271 e. The van der Waals surface area contributed by atoms with Crippen molar-refractivity contribution in [1.82, 2.24) is 4.57 Å². The lowest BCUT2D eigenvalue weighted by atomic mass is 9.95. The normalized spacial score (nSPS) is 15.3. The minimum Gasteiger partial charge on any atom is -0.504 e. The number of ether oxygens (including phenoxy) is 1. The number of anilines is 1. The number of aromatic hydroxyl groups is 1. The number of carbonyl (C=O) groups excluding carboxylic acids is 1. The fourth-order valence-corrected chi connectivity index (χ4v) is 5.28. The fraction of sp³-hybridized carbons (Fsp3) is 0.107. The average Bonchev–Trinajstić information content (AvgIpc) is 3.19. The Morgan fingerprint density at radius 3 is 2.44 bits per heavy atom. The van der Waals surface area contributed by atoms with Gasteiger partial charge in [0.05, 0.1) is 29.0 Å². The van der Waals surface area contributed by atoms with Crippen LogP contribution >= 0.6 is 11.3 Å². The van der Waals surface area contributed by atoms with E-state index < -0.39 is 6.04 Å². The highest BCUT2D eigenvalue weighted by Gasteiger charge is 2.32. The van der Waals surface area contributed by atoms with Gasteiger partial charge in [-0.1, -0.05) is 72.0 Å². The van der Waals surface area contributed by atoms with Crippen LogP contribution in [-0.4, -0.2) is 22.7 Å². The van der Waals surface area contributed by atoms with Crippen molar-refractivity contribution in [3.8, 4) is 11.5 Å². The summed E-state index contributed by atoms with van der Waals surface area (Å²) in [6, 6.07) is 23.0. The SMILES string of the molecule is COc1cccc(C=c2sc3n(c2=O)[C@@H](c2ccccc2)C(C(=O)Nc2ccccc2)=C(C)N=3)c1O. The van der Waals surface area contributed by atoms with E-state index in [0.717, 1.165) is 5.56 Å². The molecule has 1 amide bonds. The van der Waals surface area contributed by atoms with Crippen molar-refractivity contribution in [2.45, 2.75) is 13.0 Å². The molecule has 0 saturated heterocycles. The van der Waals surface area contributed by atoms with Crippen molar-refractivity contribution in [3.63, 3.8) is 0 Å². The second kappa shape index (κ2) is 9.67. The Morgan fingerprint density at radius 1 is 1.06 bits per heavy atom. The van der Waals surface area contributed by atoms with Crippen molar-refractivity contribution in [3.05, 3.63) is 121 Å². The molecule has 5 rings (SSSR count). The van der Waals surface area contributed by atoms with E-state index in [2.05, 4.69) is 10.3 Å². The van der Waals surface area contributed by atoms with E-state index in [4.69, 9.17) is 4.74 Å². The molecule has 0 spiro atoms. The van der Waals surface area contributed by atoms with Gasteiger partial charge in [-0.3, -0.25) is 14.2 Å². The molecule has 8 heteroatoms.